The van der Waals surface area contributed by atoms with Crippen molar-refractivity contribution in [2.24, 2.45) is 0 Å². The molecule has 2 heteroatoms. The normalized spacial score (nSPS) is 8.89. The van der Waals surface area contributed by atoms with Gasteiger partial charge in [-0.05, 0) is 11.6 Å². The van der Waals surface area contributed by atoms with Crippen LogP contribution >= 0.6 is 0 Å². The predicted molar refractivity (Wildman–Crippen MR) is 38.7 cm³/mol. The van der Waals surface area contributed by atoms with Crippen molar-refractivity contribution >= 4 is 11.8 Å². The SMILES string of the molecule is C=Cc1ccncc1N. The van der Waals surface area contributed by atoms with Gasteiger partial charge in [-0.1, -0.05) is 12.7 Å². The monoisotopic (exact) mass is 120 g/mol. The van der Waals surface area contributed by atoms with E-state index in [1.54, 1.807) is 18.5 Å². The zero-order valence-electron chi connectivity index (χ0n) is 5.04. The molecule has 0 amide bonds. The van der Waals surface area contributed by atoms with Crippen LogP contribution in [-0.2, 0) is 0 Å². The number of nitrogens with two attached hydrogens (primary N) is 1. The summed E-state index contributed by atoms with van der Waals surface area (Å²) in [6.07, 6.45) is 5.00. The zero-order chi connectivity index (χ0) is 6.69. The van der Waals surface area contributed by atoms with Gasteiger partial charge >= 0.3 is 0 Å². The fourth-order valence-corrected chi connectivity index (χ4v) is 0.603. The lowest BCUT2D eigenvalue weighted by Crippen LogP contribution is -1.88. The van der Waals surface area contributed by atoms with Crippen LogP contribution in [0.4, 0.5) is 5.69 Å². The molecule has 1 rings (SSSR count). The molecular formula is C7H8N2. The Kier molecular flexibility index (Phi) is 1.49. The van der Waals surface area contributed by atoms with E-state index in [9.17, 15) is 0 Å². The summed E-state index contributed by atoms with van der Waals surface area (Å²) < 4.78 is 0. The third-order valence-electron chi connectivity index (χ3n) is 1.11. The highest BCUT2D eigenvalue weighted by Gasteiger charge is 1.88. The van der Waals surface area contributed by atoms with Crippen LogP contribution in [0, 0.1) is 0 Å². The van der Waals surface area contributed by atoms with E-state index in [2.05, 4.69) is 11.6 Å². The van der Waals surface area contributed by atoms with Crippen LogP contribution in [0.15, 0.2) is 25.0 Å². The molecule has 2 nitrogen and oxygen atoms in total. The van der Waals surface area contributed by atoms with Gasteiger partial charge in [-0.15, -0.1) is 0 Å². The lowest BCUT2D eigenvalue weighted by Gasteiger charge is -1.94. The molecule has 9 heavy (non-hydrogen) atoms. The van der Waals surface area contributed by atoms with Crippen molar-refractivity contribution < 1.29 is 0 Å². The number of hydrogen-bond acceptors (Lipinski definition) is 2. The highest BCUT2D eigenvalue weighted by atomic mass is 14.7. The fourth-order valence-electron chi connectivity index (χ4n) is 0.603. The van der Waals surface area contributed by atoms with Gasteiger partial charge in [0.05, 0.1) is 11.9 Å². The van der Waals surface area contributed by atoms with Gasteiger partial charge in [-0.2, -0.15) is 0 Å². The summed E-state index contributed by atoms with van der Waals surface area (Å²) in [6, 6.07) is 1.82. The van der Waals surface area contributed by atoms with Crippen LogP contribution in [0.1, 0.15) is 5.56 Å². The van der Waals surface area contributed by atoms with E-state index < -0.39 is 0 Å². The first-order chi connectivity index (χ1) is 4.34. The first-order valence-electron chi connectivity index (χ1n) is 2.66. The molecule has 1 aromatic rings. The summed E-state index contributed by atoms with van der Waals surface area (Å²) in [5.41, 5.74) is 7.11. The minimum absolute atomic E-state index is 0.674. The quantitative estimate of drug-likeness (QED) is 0.606. The largest absolute Gasteiger partial charge is 0.397 e. The lowest BCUT2D eigenvalue weighted by molar-refractivity contribution is 1.33. The minimum Gasteiger partial charge on any atom is -0.397 e. The fraction of sp³-hybridized carbons (Fsp3) is 0. The van der Waals surface area contributed by atoms with Crippen LogP contribution in [0.3, 0.4) is 0 Å². The molecule has 0 aromatic carbocycles. The molecule has 0 aliphatic heterocycles. The highest BCUT2D eigenvalue weighted by Crippen LogP contribution is 2.08. The van der Waals surface area contributed by atoms with Crippen molar-refractivity contribution in [2.45, 2.75) is 0 Å². The molecule has 0 atom stereocenters. The van der Waals surface area contributed by atoms with E-state index in [0.717, 1.165) is 5.56 Å². The highest BCUT2D eigenvalue weighted by molar-refractivity contribution is 5.61. The Morgan fingerprint density at radius 3 is 2.89 bits per heavy atom. The molecule has 0 radical (unpaired) electrons. The van der Waals surface area contributed by atoms with Gasteiger partial charge in [0, 0.05) is 6.20 Å². The van der Waals surface area contributed by atoms with Gasteiger partial charge in [-0.25, -0.2) is 0 Å². The van der Waals surface area contributed by atoms with Crippen LogP contribution in [0.5, 0.6) is 0 Å². The number of pyridine rings is 1. The molecule has 0 unspecified atom stereocenters. The molecule has 1 heterocycles. The van der Waals surface area contributed by atoms with Crippen molar-refractivity contribution in [3.63, 3.8) is 0 Å². The molecule has 0 saturated heterocycles. The Morgan fingerprint density at radius 2 is 2.44 bits per heavy atom. The van der Waals surface area contributed by atoms with E-state index in [1.807, 2.05) is 6.07 Å². The van der Waals surface area contributed by atoms with Crippen LogP contribution in [-0.4, -0.2) is 4.98 Å². The van der Waals surface area contributed by atoms with Crippen LogP contribution in [0.2, 0.25) is 0 Å². The number of aromatic nitrogens is 1. The summed E-state index contributed by atoms with van der Waals surface area (Å²) in [5.74, 6) is 0. The Balaban J connectivity index is 3.15. The van der Waals surface area contributed by atoms with E-state index in [-0.39, 0.29) is 0 Å². The molecule has 0 bridgehead atoms. The number of hydrogen-bond donors (Lipinski definition) is 1. The van der Waals surface area contributed by atoms with Crippen molar-refractivity contribution in [1.82, 2.24) is 4.98 Å². The Morgan fingerprint density at radius 1 is 1.67 bits per heavy atom. The Bertz CT molecular complexity index is 218. The molecule has 0 aliphatic carbocycles. The maximum atomic E-state index is 5.50. The minimum atomic E-state index is 0.674. The Hall–Kier alpha value is -1.31. The van der Waals surface area contributed by atoms with Gasteiger partial charge in [0.15, 0.2) is 0 Å². The number of nitrogen functional groups attached to an aromatic ring is 1. The summed E-state index contributed by atoms with van der Waals surface area (Å²) in [7, 11) is 0. The summed E-state index contributed by atoms with van der Waals surface area (Å²) in [6.45, 7) is 3.58. The first kappa shape index (κ1) is 5.82. The van der Waals surface area contributed by atoms with Crippen LogP contribution < -0.4 is 5.73 Å². The van der Waals surface area contributed by atoms with E-state index >= 15 is 0 Å². The van der Waals surface area contributed by atoms with E-state index in [0.29, 0.717) is 5.69 Å². The summed E-state index contributed by atoms with van der Waals surface area (Å²) >= 11 is 0. The van der Waals surface area contributed by atoms with Gasteiger partial charge in [0.2, 0.25) is 0 Å². The number of nitrogens with zero attached hydrogens (tertiary/aromatic N) is 1. The summed E-state index contributed by atoms with van der Waals surface area (Å²) in [5, 5.41) is 0. The van der Waals surface area contributed by atoms with Gasteiger partial charge in [-0.3, -0.25) is 4.98 Å². The second-order valence-corrected chi connectivity index (χ2v) is 1.71. The molecule has 0 fully saturated rings. The second-order valence-electron chi connectivity index (χ2n) is 1.71. The Labute approximate surface area is 54.0 Å². The third-order valence-corrected chi connectivity index (χ3v) is 1.11. The van der Waals surface area contributed by atoms with Crippen LogP contribution in [0.25, 0.3) is 6.08 Å². The smallest absolute Gasteiger partial charge is 0.0573 e. The molecule has 0 spiro atoms. The van der Waals surface area contributed by atoms with Crippen molar-refractivity contribution in [1.29, 1.82) is 0 Å². The lowest BCUT2D eigenvalue weighted by atomic mass is 10.2. The molecule has 2 N–H and O–H groups in total. The van der Waals surface area contributed by atoms with Crippen molar-refractivity contribution in [2.75, 3.05) is 5.73 Å². The summed E-state index contributed by atoms with van der Waals surface area (Å²) in [4.78, 5) is 3.82. The number of rotatable bonds is 1. The molecule has 0 saturated carbocycles. The topological polar surface area (TPSA) is 38.9 Å². The van der Waals surface area contributed by atoms with Gasteiger partial charge in [0.1, 0.15) is 0 Å². The van der Waals surface area contributed by atoms with E-state index in [1.165, 1.54) is 0 Å². The second kappa shape index (κ2) is 2.31. The van der Waals surface area contributed by atoms with Crippen molar-refractivity contribution in [3.8, 4) is 0 Å². The average Bonchev–Trinajstić information content (AvgIpc) is 1.89. The maximum absolute atomic E-state index is 5.50. The average molecular weight is 120 g/mol. The maximum Gasteiger partial charge on any atom is 0.0573 e. The van der Waals surface area contributed by atoms with Crippen molar-refractivity contribution in [3.05, 3.63) is 30.6 Å². The van der Waals surface area contributed by atoms with Gasteiger partial charge in [0.25, 0.3) is 0 Å². The zero-order valence-corrected chi connectivity index (χ0v) is 5.04. The van der Waals surface area contributed by atoms with Gasteiger partial charge < -0.3 is 5.73 Å². The standard InChI is InChI=1S/C7H8N2/c1-2-6-3-4-9-5-7(6)8/h2-5H,1,8H2. The molecule has 1 aromatic heterocycles. The molecular weight excluding hydrogens is 112 g/mol. The first-order valence-corrected chi connectivity index (χ1v) is 2.66. The van der Waals surface area contributed by atoms with E-state index in [4.69, 9.17) is 5.73 Å². The predicted octanol–water partition coefficient (Wildman–Crippen LogP) is 1.31. The third kappa shape index (κ3) is 1.08. The number of anilines is 1. The molecule has 0 aliphatic rings. The molecule has 46 valence electrons.